The second-order valence-corrected chi connectivity index (χ2v) is 4.06. The maximum atomic E-state index is 13.5. The molecule has 1 aliphatic rings. The topological polar surface area (TPSA) is 12.0 Å². The average molecular weight is 254 g/mol. The van der Waals surface area contributed by atoms with Gasteiger partial charge in [-0.05, 0) is 25.1 Å². The molecule has 1 aromatic carbocycles. The van der Waals surface area contributed by atoms with Gasteiger partial charge in [-0.15, -0.1) is 0 Å². The third-order valence-corrected chi connectivity index (χ3v) is 2.86. The van der Waals surface area contributed by atoms with E-state index in [-0.39, 0.29) is 11.6 Å². The molecular weight excluding hydrogens is 246 g/mol. The summed E-state index contributed by atoms with van der Waals surface area (Å²) >= 11 is 5.45. The van der Waals surface area contributed by atoms with Gasteiger partial charge in [0.2, 0.25) is 0 Å². The van der Waals surface area contributed by atoms with Crippen molar-refractivity contribution in [1.29, 1.82) is 0 Å². The van der Waals surface area contributed by atoms with Crippen LogP contribution in [0.1, 0.15) is 23.6 Å². The minimum Gasteiger partial charge on any atom is -0.310 e. The third-order valence-electron chi connectivity index (χ3n) is 2.58. The summed E-state index contributed by atoms with van der Waals surface area (Å²) in [5.41, 5.74) is -0.923. The molecule has 1 aliphatic heterocycles. The van der Waals surface area contributed by atoms with Crippen LogP contribution in [-0.2, 0) is 6.18 Å². The second kappa shape index (κ2) is 3.89. The maximum Gasteiger partial charge on any atom is 0.416 e. The van der Waals surface area contributed by atoms with Crippen molar-refractivity contribution in [2.45, 2.75) is 18.6 Å². The Bertz CT molecular complexity index is 412. The summed E-state index contributed by atoms with van der Waals surface area (Å²) in [4.78, 5) is 0. The van der Waals surface area contributed by atoms with E-state index < -0.39 is 22.6 Å². The van der Waals surface area contributed by atoms with Gasteiger partial charge in [0.05, 0.1) is 10.6 Å². The molecule has 0 radical (unpaired) electrons. The Morgan fingerprint density at radius 2 is 1.94 bits per heavy atom. The number of halogens is 5. The van der Waals surface area contributed by atoms with Gasteiger partial charge in [-0.1, -0.05) is 11.6 Å². The molecule has 1 saturated heterocycles. The molecule has 2 rings (SSSR count). The minimum atomic E-state index is -4.50. The first-order chi connectivity index (χ1) is 7.39. The molecule has 0 amide bonds. The molecule has 1 atom stereocenters. The fourth-order valence-electron chi connectivity index (χ4n) is 1.58. The van der Waals surface area contributed by atoms with E-state index in [4.69, 9.17) is 11.6 Å². The number of rotatable bonds is 1. The van der Waals surface area contributed by atoms with Crippen molar-refractivity contribution in [3.8, 4) is 0 Å². The number of nitrogens with one attached hydrogen (secondary N) is 1. The minimum absolute atomic E-state index is 0.00826. The molecule has 1 fully saturated rings. The molecule has 0 aliphatic carbocycles. The summed E-state index contributed by atoms with van der Waals surface area (Å²) in [6, 6.07) is 1.07. The van der Waals surface area contributed by atoms with E-state index in [0.717, 1.165) is 6.07 Å². The number of benzene rings is 1. The first-order valence-electron chi connectivity index (χ1n) is 4.69. The van der Waals surface area contributed by atoms with Gasteiger partial charge in [0.1, 0.15) is 5.82 Å². The molecule has 6 heteroatoms. The van der Waals surface area contributed by atoms with E-state index in [0.29, 0.717) is 19.0 Å². The summed E-state index contributed by atoms with van der Waals surface area (Å²) in [5.74, 6) is -0.771. The lowest BCUT2D eigenvalue weighted by atomic mass is 9.95. The summed E-state index contributed by atoms with van der Waals surface area (Å²) < 4.78 is 50.9. The highest BCUT2D eigenvalue weighted by Crippen LogP contribution is 2.36. The Hall–Kier alpha value is -0.810. The molecule has 1 aromatic rings. The Morgan fingerprint density at radius 3 is 2.38 bits per heavy atom. The largest absolute Gasteiger partial charge is 0.416 e. The highest BCUT2D eigenvalue weighted by molar-refractivity contribution is 6.30. The predicted octanol–water partition coefficient (Wildman–Crippen LogP) is 3.53. The second-order valence-electron chi connectivity index (χ2n) is 3.65. The van der Waals surface area contributed by atoms with Crippen LogP contribution in [0.3, 0.4) is 0 Å². The lowest BCUT2D eigenvalue weighted by Crippen LogP contribution is -2.35. The van der Waals surface area contributed by atoms with Gasteiger partial charge < -0.3 is 5.32 Å². The van der Waals surface area contributed by atoms with Crippen molar-refractivity contribution in [1.82, 2.24) is 5.32 Å². The third kappa shape index (κ3) is 2.01. The summed E-state index contributed by atoms with van der Waals surface area (Å²) in [6.07, 6.45) is -3.88. The Labute approximate surface area is 94.4 Å². The van der Waals surface area contributed by atoms with E-state index in [9.17, 15) is 17.6 Å². The smallest absolute Gasteiger partial charge is 0.310 e. The number of alkyl halides is 3. The summed E-state index contributed by atoms with van der Waals surface area (Å²) in [5, 5.41) is 2.36. The van der Waals surface area contributed by atoms with Gasteiger partial charge in [0.25, 0.3) is 0 Å². The van der Waals surface area contributed by atoms with Crippen LogP contribution in [0.4, 0.5) is 17.6 Å². The normalized spacial score (nSPS) is 20.7. The van der Waals surface area contributed by atoms with Crippen molar-refractivity contribution < 1.29 is 17.6 Å². The van der Waals surface area contributed by atoms with Crippen molar-refractivity contribution in [3.05, 3.63) is 34.1 Å². The van der Waals surface area contributed by atoms with Crippen LogP contribution in [0, 0.1) is 5.82 Å². The zero-order chi connectivity index (χ0) is 11.9. The molecule has 0 saturated carbocycles. The van der Waals surface area contributed by atoms with Crippen LogP contribution < -0.4 is 5.32 Å². The zero-order valence-corrected chi connectivity index (χ0v) is 8.79. The number of hydrogen-bond donors (Lipinski definition) is 1. The average Bonchev–Trinajstić information content (AvgIpc) is 2.07. The molecule has 16 heavy (non-hydrogen) atoms. The fraction of sp³-hybridized carbons (Fsp3) is 0.400. The molecule has 88 valence electrons. The molecule has 0 bridgehead atoms. The molecule has 1 nitrogen and oxygen atoms in total. The summed E-state index contributed by atoms with van der Waals surface area (Å²) in [7, 11) is 0. The van der Waals surface area contributed by atoms with E-state index in [1.54, 1.807) is 0 Å². The van der Waals surface area contributed by atoms with Gasteiger partial charge in [-0.2, -0.15) is 13.2 Å². The van der Waals surface area contributed by atoms with Gasteiger partial charge in [-0.3, -0.25) is 0 Å². The van der Waals surface area contributed by atoms with Crippen LogP contribution >= 0.6 is 11.6 Å². The molecule has 0 spiro atoms. The first-order valence-corrected chi connectivity index (χ1v) is 5.07. The molecule has 1 heterocycles. The Morgan fingerprint density at radius 1 is 1.31 bits per heavy atom. The van der Waals surface area contributed by atoms with Gasteiger partial charge in [0, 0.05) is 11.6 Å². The van der Waals surface area contributed by atoms with Crippen LogP contribution in [-0.4, -0.2) is 6.54 Å². The molecular formula is C10H8ClF4N. The van der Waals surface area contributed by atoms with Crippen molar-refractivity contribution in [2.24, 2.45) is 0 Å². The lowest BCUT2D eigenvalue weighted by molar-refractivity contribution is -0.137. The summed E-state index contributed by atoms with van der Waals surface area (Å²) in [6.45, 7) is 0.679. The molecule has 0 unspecified atom stereocenters. The van der Waals surface area contributed by atoms with Gasteiger partial charge >= 0.3 is 6.18 Å². The van der Waals surface area contributed by atoms with E-state index >= 15 is 0 Å². The van der Waals surface area contributed by atoms with Gasteiger partial charge in [0.15, 0.2) is 0 Å². The van der Waals surface area contributed by atoms with Crippen molar-refractivity contribution >= 4 is 11.6 Å². The standard InChI is InChI=1S/C10H8ClF4N/c11-7-4-5(10(13,14)15)3-6(9(7)12)8-1-2-16-8/h3-4,8,16H,1-2H2/t8-/m0/s1. The Kier molecular flexibility index (Phi) is 2.84. The SMILES string of the molecule is Fc1c(Cl)cc(C(F)(F)F)cc1[C@@H]1CCN1. The van der Waals surface area contributed by atoms with E-state index in [1.807, 2.05) is 0 Å². The predicted molar refractivity (Wildman–Crippen MR) is 51.8 cm³/mol. The molecule has 0 aromatic heterocycles. The van der Waals surface area contributed by atoms with Crippen LogP contribution in [0.15, 0.2) is 12.1 Å². The monoisotopic (exact) mass is 253 g/mol. The molecule has 1 N–H and O–H groups in total. The first kappa shape index (κ1) is 11.7. The van der Waals surface area contributed by atoms with E-state index in [1.165, 1.54) is 0 Å². The number of hydrogen-bond acceptors (Lipinski definition) is 1. The Balaban J connectivity index is 2.47. The van der Waals surface area contributed by atoms with Crippen molar-refractivity contribution in [3.63, 3.8) is 0 Å². The van der Waals surface area contributed by atoms with Crippen molar-refractivity contribution in [2.75, 3.05) is 6.54 Å². The fourth-order valence-corrected chi connectivity index (χ4v) is 1.81. The quantitative estimate of drug-likeness (QED) is 0.755. The van der Waals surface area contributed by atoms with Gasteiger partial charge in [-0.25, -0.2) is 4.39 Å². The lowest BCUT2D eigenvalue weighted by Gasteiger charge is -2.29. The maximum absolute atomic E-state index is 13.5. The zero-order valence-electron chi connectivity index (χ0n) is 8.04. The van der Waals surface area contributed by atoms with Crippen LogP contribution in [0.25, 0.3) is 0 Å². The van der Waals surface area contributed by atoms with Crippen LogP contribution in [0.2, 0.25) is 5.02 Å². The van der Waals surface area contributed by atoms with E-state index in [2.05, 4.69) is 5.32 Å². The highest BCUT2D eigenvalue weighted by atomic mass is 35.5. The highest BCUT2D eigenvalue weighted by Gasteiger charge is 2.34. The van der Waals surface area contributed by atoms with Crippen LogP contribution in [0.5, 0.6) is 0 Å².